The highest BCUT2D eigenvalue weighted by Crippen LogP contribution is 2.27. The topological polar surface area (TPSA) is 49.0 Å². The fraction of sp³-hybridized carbons (Fsp3) is 0.333. The van der Waals surface area contributed by atoms with Crippen molar-refractivity contribution in [1.82, 2.24) is 14.9 Å². The number of rotatable bonds is 2. The van der Waals surface area contributed by atoms with Gasteiger partial charge in [-0.3, -0.25) is 4.79 Å². The Morgan fingerprint density at radius 3 is 2.55 bits per heavy atom. The number of aromatic amines is 1. The first-order valence-electron chi connectivity index (χ1n) is 6.77. The van der Waals surface area contributed by atoms with E-state index >= 15 is 0 Å². The molecule has 0 saturated carbocycles. The average Bonchev–Trinajstić information content (AvgIpc) is 3.02. The molecule has 20 heavy (non-hydrogen) atoms. The van der Waals surface area contributed by atoms with Gasteiger partial charge in [-0.2, -0.15) is 0 Å². The summed E-state index contributed by atoms with van der Waals surface area (Å²) in [5.74, 6) is 0.641. The van der Waals surface area contributed by atoms with E-state index in [-0.39, 0.29) is 5.91 Å². The SMILES string of the molecule is O=C(c1ccc(I)cc1)N1CCC(c2cnc[nH]2)CC1. The van der Waals surface area contributed by atoms with E-state index in [2.05, 4.69) is 32.6 Å². The second kappa shape index (κ2) is 5.95. The van der Waals surface area contributed by atoms with Gasteiger partial charge in [0.15, 0.2) is 0 Å². The summed E-state index contributed by atoms with van der Waals surface area (Å²) in [4.78, 5) is 21.6. The third-order valence-corrected chi connectivity index (χ3v) is 4.55. The highest BCUT2D eigenvalue weighted by molar-refractivity contribution is 14.1. The first-order valence-corrected chi connectivity index (χ1v) is 7.85. The fourth-order valence-electron chi connectivity index (χ4n) is 2.66. The number of imidazole rings is 1. The lowest BCUT2D eigenvalue weighted by Crippen LogP contribution is -2.37. The number of nitrogens with one attached hydrogen (secondary N) is 1. The van der Waals surface area contributed by atoms with Crippen LogP contribution in [0.15, 0.2) is 36.8 Å². The quantitative estimate of drug-likeness (QED) is 0.814. The largest absolute Gasteiger partial charge is 0.348 e. The van der Waals surface area contributed by atoms with Crippen molar-refractivity contribution in [2.75, 3.05) is 13.1 Å². The summed E-state index contributed by atoms with van der Waals surface area (Å²) in [5, 5.41) is 0. The van der Waals surface area contributed by atoms with Crippen molar-refractivity contribution < 1.29 is 4.79 Å². The van der Waals surface area contributed by atoms with Gasteiger partial charge in [0.25, 0.3) is 5.91 Å². The van der Waals surface area contributed by atoms with Gasteiger partial charge in [0, 0.05) is 40.0 Å². The van der Waals surface area contributed by atoms with Crippen LogP contribution in [0.2, 0.25) is 0 Å². The number of hydrogen-bond acceptors (Lipinski definition) is 2. The van der Waals surface area contributed by atoms with Crippen LogP contribution in [-0.2, 0) is 0 Å². The summed E-state index contributed by atoms with van der Waals surface area (Å²) in [6, 6.07) is 7.77. The van der Waals surface area contributed by atoms with E-state index in [4.69, 9.17) is 0 Å². The second-order valence-corrected chi connectivity index (χ2v) is 6.33. The molecular formula is C15H16IN3O. The van der Waals surface area contributed by atoms with E-state index in [1.165, 1.54) is 5.69 Å². The van der Waals surface area contributed by atoms with Crippen LogP contribution in [0.1, 0.15) is 34.8 Å². The van der Waals surface area contributed by atoms with E-state index < -0.39 is 0 Å². The molecule has 1 aliphatic heterocycles. The van der Waals surface area contributed by atoms with Crippen molar-refractivity contribution in [1.29, 1.82) is 0 Å². The van der Waals surface area contributed by atoms with Gasteiger partial charge >= 0.3 is 0 Å². The van der Waals surface area contributed by atoms with Gasteiger partial charge in [-0.1, -0.05) is 0 Å². The fourth-order valence-corrected chi connectivity index (χ4v) is 3.02. The maximum absolute atomic E-state index is 12.4. The minimum Gasteiger partial charge on any atom is -0.348 e. The summed E-state index contributed by atoms with van der Waals surface area (Å²) in [5.41, 5.74) is 1.97. The number of amides is 1. The van der Waals surface area contributed by atoms with Crippen molar-refractivity contribution in [2.45, 2.75) is 18.8 Å². The highest BCUT2D eigenvalue weighted by atomic mass is 127. The smallest absolute Gasteiger partial charge is 0.253 e. The Bertz CT molecular complexity index is 572. The Morgan fingerprint density at radius 1 is 1.25 bits per heavy atom. The zero-order valence-electron chi connectivity index (χ0n) is 11.1. The van der Waals surface area contributed by atoms with Crippen LogP contribution in [0, 0.1) is 3.57 Å². The molecular weight excluding hydrogens is 365 g/mol. The van der Waals surface area contributed by atoms with Crippen molar-refractivity contribution >= 4 is 28.5 Å². The molecule has 2 aromatic rings. The van der Waals surface area contributed by atoms with Crippen LogP contribution in [0.5, 0.6) is 0 Å². The van der Waals surface area contributed by atoms with Crippen LogP contribution < -0.4 is 0 Å². The van der Waals surface area contributed by atoms with Crippen LogP contribution in [-0.4, -0.2) is 33.9 Å². The number of hydrogen-bond donors (Lipinski definition) is 1. The number of aromatic nitrogens is 2. The predicted octanol–water partition coefficient (Wildman–Crippen LogP) is 3.03. The molecule has 104 valence electrons. The Labute approximate surface area is 131 Å². The number of benzene rings is 1. The van der Waals surface area contributed by atoms with E-state index in [1.54, 1.807) is 6.33 Å². The minimum absolute atomic E-state index is 0.143. The number of carbonyl (C=O) groups excluding carboxylic acids is 1. The molecule has 0 bridgehead atoms. The molecule has 1 fully saturated rings. The van der Waals surface area contributed by atoms with Crippen molar-refractivity contribution in [2.24, 2.45) is 0 Å². The lowest BCUT2D eigenvalue weighted by atomic mass is 9.93. The van der Waals surface area contributed by atoms with Crippen molar-refractivity contribution in [3.8, 4) is 0 Å². The lowest BCUT2D eigenvalue weighted by Gasteiger charge is -2.31. The average molecular weight is 381 g/mol. The number of halogens is 1. The lowest BCUT2D eigenvalue weighted by molar-refractivity contribution is 0.0712. The molecule has 3 rings (SSSR count). The Kier molecular flexibility index (Phi) is 4.05. The Balaban J connectivity index is 1.63. The zero-order chi connectivity index (χ0) is 13.9. The van der Waals surface area contributed by atoms with Gasteiger partial charge in [-0.05, 0) is 59.7 Å². The molecule has 1 saturated heterocycles. The van der Waals surface area contributed by atoms with Crippen LogP contribution in [0.25, 0.3) is 0 Å². The third-order valence-electron chi connectivity index (χ3n) is 3.83. The summed E-state index contributed by atoms with van der Waals surface area (Å²) >= 11 is 2.25. The minimum atomic E-state index is 0.143. The molecule has 0 radical (unpaired) electrons. The first kappa shape index (κ1) is 13.6. The Morgan fingerprint density at radius 2 is 1.95 bits per heavy atom. The maximum Gasteiger partial charge on any atom is 0.253 e. The summed E-state index contributed by atoms with van der Waals surface area (Å²) in [6.07, 6.45) is 5.61. The summed E-state index contributed by atoms with van der Waals surface area (Å²) in [7, 11) is 0. The molecule has 0 aliphatic carbocycles. The zero-order valence-corrected chi connectivity index (χ0v) is 13.2. The number of piperidine rings is 1. The highest BCUT2D eigenvalue weighted by Gasteiger charge is 2.25. The summed E-state index contributed by atoms with van der Waals surface area (Å²) in [6.45, 7) is 1.63. The van der Waals surface area contributed by atoms with Gasteiger partial charge in [-0.15, -0.1) is 0 Å². The molecule has 0 spiro atoms. The van der Waals surface area contributed by atoms with Crippen molar-refractivity contribution in [3.63, 3.8) is 0 Å². The Hall–Kier alpha value is -1.37. The molecule has 1 amide bonds. The van der Waals surface area contributed by atoms with E-state index in [0.717, 1.165) is 35.1 Å². The molecule has 5 heteroatoms. The van der Waals surface area contributed by atoms with Gasteiger partial charge < -0.3 is 9.88 Å². The van der Waals surface area contributed by atoms with Crippen LogP contribution in [0.4, 0.5) is 0 Å². The maximum atomic E-state index is 12.4. The van der Waals surface area contributed by atoms with Gasteiger partial charge in [0.2, 0.25) is 0 Å². The normalized spacial score (nSPS) is 16.4. The summed E-state index contributed by atoms with van der Waals surface area (Å²) < 4.78 is 1.15. The van der Waals surface area contributed by atoms with Gasteiger partial charge in [0.1, 0.15) is 0 Å². The van der Waals surface area contributed by atoms with E-state index in [0.29, 0.717) is 5.92 Å². The van der Waals surface area contributed by atoms with E-state index in [1.807, 2.05) is 35.4 Å². The number of nitrogens with zero attached hydrogens (tertiary/aromatic N) is 2. The molecule has 1 aromatic heterocycles. The van der Waals surface area contributed by atoms with Crippen LogP contribution in [0.3, 0.4) is 0 Å². The molecule has 4 nitrogen and oxygen atoms in total. The third kappa shape index (κ3) is 2.87. The monoisotopic (exact) mass is 381 g/mol. The molecule has 1 aromatic carbocycles. The number of carbonyl (C=O) groups is 1. The first-order chi connectivity index (χ1) is 9.74. The van der Waals surface area contributed by atoms with Crippen molar-refractivity contribution in [3.05, 3.63) is 51.6 Å². The predicted molar refractivity (Wildman–Crippen MR) is 85.6 cm³/mol. The number of H-pyrrole nitrogens is 1. The molecule has 2 heterocycles. The number of likely N-dealkylation sites (tertiary alicyclic amines) is 1. The van der Waals surface area contributed by atoms with Gasteiger partial charge in [0.05, 0.1) is 6.33 Å². The molecule has 0 unspecified atom stereocenters. The molecule has 1 N–H and O–H groups in total. The second-order valence-electron chi connectivity index (χ2n) is 5.08. The van der Waals surface area contributed by atoms with E-state index in [9.17, 15) is 4.79 Å². The van der Waals surface area contributed by atoms with Crippen LogP contribution >= 0.6 is 22.6 Å². The standard InChI is InChI=1S/C15H16IN3O/c16-13-3-1-12(2-4-13)15(20)19-7-5-11(6-8-19)14-9-17-10-18-14/h1-4,9-11H,5-8H2,(H,17,18). The van der Waals surface area contributed by atoms with Gasteiger partial charge in [-0.25, -0.2) is 4.98 Å². The molecule has 0 atom stereocenters. The molecule has 1 aliphatic rings.